The molecule has 3 aliphatic rings. The van der Waals surface area contributed by atoms with Crippen molar-refractivity contribution in [2.24, 2.45) is 11.8 Å². The zero-order valence-electron chi connectivity index (χ0n) is 25.0. The predicted molar refractivity (Wildman–Crippen MR) is 167 cm³/mol. The molecular formula is C34H43ClN2O6. The van der Waals surface area contributed by atoms with Crippen molar-refractivity contribution in [1.29, 1.82) is 0 Å². The summed E-state index contributed by atoms with van der Waals surface area (Å²) < 4.78 is 6.39. The molecule has 2 aliphatic heterocycles. The molecular weight excluding hydrogens is 568 g/mol. The van der Waals surface area contributed by atoms with Gasteiger partial charge in [-0.05, 0) is 84.9 Å². The normalized spacial score (nSPS) is 29.0. The van der Waals surface area contributed by atoms with Crippen LogP contribution in [-0.4, -0.2) is 71.5 Å². The molecule has 1 amide bonds. The van der Waals surface area contributed by atoms with Gasteiger partial charge in [-0.2, -0.15) is 0 Å². The highest BCUT2D eigenvalue weighted by molar-refractivity contribution is 6.30. The van der Waals surface area contributed by atoms with Gasteiger partial charge in [0, 0.05) is 37.6 Å². The van der Waals surface area contributed by atoms with Crippen molar-refractivity contribution in [3.63, 3.8) is 0 Å². The number of ether oxygens (including phenoxy) is 1. The van der Waals surface area contributed by atoms with Crippen LogP contribution in [0.5, 0.6) is 5.75 Å². The van der Waals surface area contributed by atoms with Crippen LogP contribution in [-0.2, 0) is 21.6 Å². The van der Waals surface area contributed by atoms with E-state index in [1.807, 2.05) is 24.3 Å². The fourth-order valence-corrected chi connectivity index (χ4v) is 6.92. The topological polar surface area (TPSA) is 111 Å². The fraction of sp³-hybridized carbons (Fsp3) is 0.529. The first-order valence-corrected chi connectivity index (χ1v) is 15.8. The molecule has 2 aromatic carbocycles. The summed E-state index contributed by atoms with van der Waals surface area (Å²) in [7, 11) is 1.62. The van der Waals surface area contributed by atoms with Gasteiger partial charge in [0.1, 0.15) is 5.75 Å². The molecule has 2 heterocycles. The van der Waals surface area contributed by atoms with Crippen LogP contribution in [0.3, 0.4) is 0 Å². The van der Waals surface area contributed by atoms with E-state index in [-0.39, 0.29) is 23.3 Å². The van der Waals surface area contributed by atoms with E-state index in [2.05, 4.69) is 17.9 Å². The molecule has 8 nitrogen and oxygen atoms in total. The summed E-state index contributed by atoms with van der Waals surface area (Å²) in [4.78, 5) is 29.3. The maximum Gasteiger partial charge on any atom is 0.340 e. The maximum atomic E-state index is 13.1. The molecule has 4 unspecified atom stereocenters. The molecule has 43 heavy (non-hydrogen) atoms. The third kappa shape index (κ3) is 6.71. The average Bonchev–Trinajstić information content (AvgIpc) is 3.13. The summed E-state index contributed by atoms with van der Waals surface area (Å²) in [6.07, 6.45) is 7.85. The Morgan fingerprint density at radius 1 is 1.16 bits per heavy atom. The number of carboxylic acids is 1. The Hall–Kier alpha value is -3.07. The number of allylic oxidation sites excluding steroid dienone is 1. The number of rotatable bonds is 4. The minimum atomic E-state index is -2.40. The van der Waals surface area contributed by atoms with Crippen molar-refractivity contribution in [1.82, 2.24) is 4.90 Å². The van der Waals surface area contributed by atoms with Gasteiger partial charge in [0.25, 0.3) is 0 Å². The molecule has 0 aromatic heterocycles. The van der Waals surface area contributed by atoms with E-state index < -0.39 is 30.0 Å². The van der Waals surface area contributed by atoms with Gasteiger partial charge in [-0.15, -0.1) is 0 Å². The Morgan fingerprint density at radius 2 is 1.98 bits per heavy atom. The monoisotopic (exact) mass is 610 g/mol. The third-order valence-electron chi connectivity index (χ3n) is 9.48. The van der Waals surface area contributed by atoms with Gasteiger partial charge in [0.05, 0.1) is 24.8 Å². The maximum absolute atomic E-state index is 13.1. The predicted octanol–water partition coefficient (Wildman–Crippen LogP) is 5.13. The van der Waals surface area contributed by atoms with E-state index in [0.29, 0.717) is 55.5 Å². The summed E-state index contributed by atoms with van der Waals surface area (Å²) >= 11 is 6.38. The first kappa shape index (κ1) is 31.4. The molecule has 232 valence electrons. The number of aliphatic hydroxyl groups excluding tert-OH is 1. The zero-order chi connectivity index (χ0) is 30.7. The lowest BCUT2D eigenvalue weighted by atomic mass is 9.70. The van der Waals surface area contributed by atoms with Crippen molar-refractivity contribution >= 4 is 29.2 Å². The number of aliphatic hydroxyl groups is 2. The van der Waals surface area contributed by atoms with E-state index in [1.54, 1.807) is 25.2 Å². The number of amides is 1. The number of hydrogen-bond donors (Lipinski definition) is 3. The number of benzene rings is 2. The Balaban J connectivity index is 1.57. The second kappa shape index (κ2) is 13.3. The molecule has 1 aliphatic carbocycles. The molecule has 2 bridgehead atoms. The largest absolute Gasteiger partial charge is 0.491 e. The number of halogens is 1. The van der Waals surface area contributed by atoms with Gasteiger partial charge in [-0.3, -0.25) is 4.79 Å². The van der Waals surface area contributed by atoms with Gasteiger partial charge < -0.3 is 29.9 Å². The summed E-state index contributed by atoms with van der Waals surface area (Å²) in [6.45, 7) is 4.24. The Bertz CT molecular complexity index is 1360. The number of fused-ring (bicyclic) bond motifs is 2. The van der Waals surface area contributed by atoms with Crippen LogP contribution in [0, 0.1) is 11.8 Å². The quantitative estimate of drug-likeness (QED) is 0.412. The standard InChI is InChI=1S/C34H43ClN2O6/c1-3-7-22-16-26(35)11-13-27(22)24-20-37-19-23-9-12-28(23)30(38)8-5-4-6-15-36(2)32(39)18-34(42,33(40)41)25-10-14-31(43-21-24)29(37)17-25/h5,8,10-11,13-14,16-17,23-24,28,30,38,42H,3-4,6-7,9,12,15,18-21H2,1-2H3,(H,40,41)/b8-5+/t23?,24?,28?,30?,34-/m0/s1. The van der Waals surface area contributed by atoms with E-state index in [1.165, 1.54) is 16.0 Å². The van der Waals surface area contributed by atoms with Crippen molar-refractivity contribution in [2.45, 2.75) is 69.5 Å². The van der Waals surface area contributed by atoms with Gasteiger partial charge in [-0.1, -0.05) is 49.2 Å². The van der Waals surface area contributed by atoms with Crippen LogP contribution < -0.4 is 9.64 Å². The summed E-state index contributed by atoms with van der Waals surface area (Å²) in [5.74, 6) is -0.958. The molecule has 0 saturated heterocycles. The zero-order valence-corrected chi connectivity index (χ0v) is 25.8. The van der Waals surface area contributed by atoms with E-state index in [9.17, 15) is 24.9 Å². The highest BCUT2D eigenvalue weighted by Crippen LogP contribution is 2.43. The molecule has 1 saturated carbocycles. The second-order valence-corrected chi connectivity index (χ2v) is 12.8. The summed E-state index contributed by atoms with van der Waals surface area (Å²) in [6, 6.07) is 11.0. The Labute approximate surface area is 258 Å². The second-order valence-electron chi connectivity index (χ2n) is 12.4. The Morgan fingerprint density at radius 3 is 2.70 bits per heavy atom. The van der Waals surface area contributed by atoms with Gasteiger partial charge in [-0.25, -0.2) is 4.79 Å². The minimum absolute atomic E-state index is 0.0145. The number of carbonyl (C=O) groups is 2. The first-order valence-electron chi connectivity index (χ1n) is 15.5. The molecule has 1 fully saturated rings. The number of carboxylic acid groups (broad SMARTS) is 1. The van der Waals surface area contributed by atoms with E-state index in [4.69, 9.17) is 16.3 Å². The first-order chi connectivity index (χ1) is 20.6. The summed E-state index contributed by atoms with van der Waals surface area (Å²) in [5.41, 5.74) is 0.788. The number of carbonyl (C=O) groups excluding carboxylic acids is 1. The number of aryl methyl sites for hydroxylation is 1. The van der Waals surface area contributed by atoms with Crippen LogP contribution in [0.2, 0.25) is 5.02 Å². The van der Waals surface area contributed by atoms with E-state index >= 15 is 0 Å². The highest BCUT2D eigenvalue weighted by atomic mass is 35.5. The minimum Gasteiger partial charge on any atom is -0.491 e. The number of nitrogens with zero attached hydrogens (tertiary/aromatic N) is 2. The highest BCUT2D eigenvalue weighted by Gasteiger charge is 2.43. The molecule has 0 spiro atoms. The van der Waals surface area contributed by atoms with Crippen molar-refractivity contribution in [3.8, 4) is 5.75 Å². The van der Waals surface area contributed by atoms with Crippen LogP contribution >= 0.6 is 11.6 Å². The Kier molecular flexibility index (Phi) is 9.69. The van der Waals surface area contributed by atoms with Crippen LogP contribution in [0.25, 0.3) is 0 Å². The molecule has 2 aromatic rings. The number of aliphatic carboxylic acids is 1. The third-order valence-corrected chi connectivity index (χ3v) is 9.71. The average molecular weight is 611 g/mol. The molecule has 9 heteroatoms. The number of hydrogen-bond acceptors (Lipinski definition) is 6. The van der Waals surface area contributed by atoms with Gasteiger partial charge in [0.15, 0.2) is 5.60 Å². The molecule has 5 rings (SSSR count). The SMILES string of the molecule is CCCc1cc(Cl)ccc1C1COc2ccc3cc2N(C1)CC1CCC1C(O)/C=C/CCCN(C)C(=O)C[C@@]3(O)C(=O)O. The smallest absolute Gasteiger partial charge is 0.340 e. The lowest BCUT2D eigenvalue weighted by molar-refractivity contribution is -0.164. The summed E-state index contributed by atoms with van der Waals surface area (Å²) in [5, 5.41) is 33.5. The molecule has 0 radical (unpaired) electrons. The molecule has 5 atom stereocenters. The van der Waals surface area contributed by atoms with Crippen molar-refractivity contribution in [2.75, 3.05) is 38.2 Å². The van der Waals surface area contributed by atoms with Crippen molar-refractivity contribution in [3.05, 3.63) is 70.3 Å². The van der Waals surface area contributed by atoms with Crippen molar-refractivity contribution < 1.29 is 29.6 Å². The lowest BCUT2D eigenvalue weighted by Crippen LogP contribution is -2.44. The van der Waals surface area contributed by atoms with Gasteiger partial charge in [0.2, 0.25) is 5.91 Å². The van der Waals surface area contributed by atoms with Crippen LogP contribution in [0.1, 0.15) is 68.1 Å². The molecule has 3 N–H and O–H groups in total. The van der Waals surface area contributed by atoms with E-state index in [0.717, 1.165) is 25.7 Å². The lowest BCUT2D eigenvalue weighted by Gasteiger charge is -2.42. The van der Waals surface area contributed by atoms with Crippen LogP contribution in [0.4, 0.5) is 5.69 Å². The fourth-order valence-electron chi connectivity index (χ4n) is 6.73. The number of anilines is 1. The van der Waals surface area contributed by atoms with Crippen LogP contribution in [0.15, 0.2) is 48.6 Å². The van der Waals surface area contributed by atoms with Gasteiger partial charge >= 0.3 is 5.97 Å².